The quantitative estimate of drug-likeness (QED) is 0.179. The predicted octanol–water partition coefficient (Wildman–Crippen LogP) is 4.43. The second kappa shape index (κ2) is 15.3. The third-order valence-corrected chi connectivity index (χ3v) is 7.34. The van der Waals surface area contributed by atoms with Gasteiger partial charge < -0.3 is 20.2 Å². The molecule has 0 spiro atoms. The molecule has 1 amide bonds. The lowest BCUT2D eigenvalue weighted by molar-refractivity contribution is -0.384. The first-order valence-electron chi connectivity index (χ1n) is 12.8. The van der Waals surface area contributed by atoms with Crippen molar-refractivity contribution in [1.82, 2.24) is 15.6 Å². The average Bonchev–Trinajstić information content (AvgIpc) is 3.36. The smallest absolute Gasteiger partial charge is 0.305 e. The number of nitro benzene ring substituents is 1. The maximum atomic E-state index is 13.1. The lowest BCUT2D eigenvalue weighted by atomic mass is 9.90. The van der Waals surface area contributed by atoms with E-state index >= 15 is 0 Å². The molecule has 2 N–H and O–H groups in total. The SMILES string of the molecule is CCNC(CC(CC(C)=O)c1nc(C(=O)NC(CCC(=O)OC)Cc2ccc([N+](=O)[O-])cc2)cs1)C(C)C. The van der Waals surface area contributed by atoms with Gasteiger partial charge in [-0.2, -0.15) is 0 Å². The Bertz CT molecular complexity index is 1090. The van der Waals surface area contributed by atoms with Crippen molar-refractivity contribution in [3.63, 3.8) is 0 Å². The maximum absolute atomic E-state index is 13.1. The first-order valence-corrected chi connectivity index (χ1v) is 13.7. The molecule has 208 valence electrons. The number of carbonyl (C=O) groups is 3. The predicted molar refractivity (Wildman–Crippen MR) is 146 cm³/mol. The van der Waals surface area contributed by atoms with E-state index in [1.807, 2.05) is 0 Å². The fraction of sp³-hybridized carbons (Fsp3) is 0.556. The molecule has 2 aromatic rings. The highest BCUT2D eigenvalue weighted by atomic mass is 32.1. The highest BCUT2D eigenvalue weighted by Crippen LogP contribution is 2.30. The van der Waals surface area contributed by atoms with E-state index in [1.165, 1.54) is 30.6 Å². The average molecular weight is 547 g/mol. The minimum absolute atomic E-state index is 0.0205. The van der Waals surface area contributed by atoms with Crippen LogP contribution in [0.1, 0.15) is 80.4 Å². The summed E-state index contributed by atoms with van der Waals surface area (Å²) >= 11 is 1.37. The van der Waals surface area contributed by atoms with Crippen molar-refractivity contribution in [3.8, 4) is 0 Å². The van der Waals surface area contributed by atoms with Gasteiger partial charge in [0.15, 0.2) is 0 Å². The van der Waals surface area contributed by atoms with Gasteiger partial charge in [0.05, 0.1) is 17.0 Å². The molecule has 2 rings (SSSR count). The second-order valence-corrected chi connectivity index (χ2v) is 10.6. The summed E-state index contributed by atoms with van der Waals surface area (Å²) in [5.41, 5.74) is 1.03. The molecule has 1 aromatic heterocycles. The topological polar surface area (TPSA) is 141 Å². The summed E-state index contributed by atoms with van der Waals surface area (Å²) in [6, 6.07) is 5.90. The van der Waals surface area contributed by atoms with Crippen molar-refractivity contribution in [3.05, 3.63) is 56.0 Å². The van der Waals surface area contributed by atoms with Crippen molar-refractivity contribution in [2.75, 3.05) is 13.7 Å². The molecule has 0 saturated heterocycles. The van der Waals surface area contributed by atoms with Crippen LogP contribution in [0.2, 0.25) is 0 Å². The van der Waals surface area contributed by atoms with E-state index in [0.717, 1.165) is 23.5 Å². The number of esters is 1. The minimum Gasteiger partial charge on any atom is -0.469 e. The molecule has 0 fully saturated rings. The Morgan fingerprint density at radius 1 is 1.18 bits per heavy atom. The minimum atomic E-state index is -0.471. The number of Topliss-reactive ketones (excluding diaryl/α,β-unsaturated/α-hetero) is 1. The number of aromatic nitrogens is 1. The largest absolute Gasteiger partial charge is 0.469 e. The zero-order valence-electron chi connectivity index (χ0n) is 22.7. The summed E-state index contributed by atoms with van der Waals surface area (Å²) in [5, 5.41) is 19.8. The van der Waals surface area contributed by atoms with E-state index in [0.29, 0.717) is 25.2 Å². The number of nitrogens with zero attached hydrogens (tertiary/aromatic N) is 2. The molecule has 0 aliphatic heterocycles. The van der Waals surface area contributed by atoms with E-state index in [4.69, 9.17) is 4.74 Å². The molecule has 0 aliphatic carbocycles. The van der Waals surface area contributed by atoms with Gasteiger partial charge in [0, 0.05) is 48.4 Å². The number of nitro groups is 1. The Kier molecular flexibility index (Phi) is 12.5. The van der Waals surface area contributed by atoms with Crippen LogP contribution in [0.25, 0.3) is 0 Å². The summed E-state index contributed by atoms with van der Waals surface area (Å²) in [5.74, 6) is -0.418. The highest BCUT2D eigenvalue weighted by Gasteiger charge is 2.26. The first-order chi connectivity index (χ1) is 18.0. The molecule has 0 radical (unpaired) electrons. The first kappa shape index (κ1) is 31.0. The molecule has 38 heavy (non-hydrogen) atoms. The number of nitrogens with one attached hydrogen (secondary N) is 2. The summed E-state index contributed by atoms with van der Waals surface area (Å²) < 4.78 is 4.74. The Morgan fingerprint density at radius 3 is 2.42 bits per heavy atom. The van der Waals surface area contributed by atoms with Crippen LogP contribution in [0.5, 0.6) is 0 Å². The van der Waals surface area contributed by atoms with Gasteiger partial charge in [0.2, 0.25) is 0 Å². The van der Waals surface area contributed by atoms with Gasteiger partial charge in [0.1, 0.15) is 11.5 Å². The molecule has 1 aromatic carbocycles. The van der Waals surface area contributed by atoms with Gasteiger partial charge in [-0.05, 0) is 44.2 Å². The molecule has 3 unspecified atom stereocenters. The number of carbonyl (C=O) groups excluding carboxylic acids is 3. The molecular formula is C27H38N4O6S. The van der Waals surface area contributed by atoms with Crippen LogP contribution in [0.3, 0.4) is 0 Å². The normalized spacial score (nSPS) is 13.5. The Balaban J connectivity index is 2.19. The van der Waals surface area contributed by atoms with Crippen LogP contribution < -0.4 is 10.6 Å². The Morgan fingerprint density at radius 2 is 1.87 bits per heavy atom. The third-order valence-electron chi connectivity index (χ3n) is 6.34. The van der Waals surface area contributed by atoms with E-state index in [-0.39, 0.29) is 41.5 Å². The number of ether oxygens (including phenoxy) is 1. The summed E-state index contributed by atoms with van der Waals surface area (Å²) in [6.45, 7) is 8.71. The van der Waals surface area contributed by atoms with E-state index in [9.17, 15) is 24.5 Å². The van der Waals surface area contributed by atoms with E-state index < -0.39 is 16.9 Å². The zero-order chi connectivity index (χ0) is 28.2. The van der Waals surface area contributed by atoms with Gasteiger partial charge in [-0.15, -0.1) is 11.3 Å². The van der Waals surface area contributed by atoms with Crippen LogP contribution in [-0.4, -0.2) is 53.3 Å². The van der Waals surface area contributed by atoms with Gasteiger partial charge in [-0.1, -0.05) is 32.9 Å². The molecule has 1 heterocycles. The second-order valence-electron chi connectivity index (χ2n) is 9.73. The number of hydrogen-bond acceptors (Lipinski definition) is 9. The van der Waals surface area contributed by atoms with Gasteiger partial charge in [0.25, 0.3) is 11.6 Å². The molecule has 10 nitrogen and oxygen atoms in total. The number of rotatable bonds is 16. The summed E-state index contributed by atoms with van der Waals surface area (Å²) in [4.78, 5) is 52.0. The number of ketones is 1. The van der Waals surface area contributed by atoms with Crippen LogP contribution >= 0.6 is 11.3 Å². The number of amides is 1. The molecular weight excluding hydrogens is 508 g/mol. The summed E-state index contributed by atoms with van der Waals surface area (Å²) in [7, 11) is 1.31. The molecule has 11 heteroatoms. The number of methoxy groups -OCH3 is 1. The standard InChI is InChI=1S/C27H38N4O6S/c1-6-28-23(17(2)3)15-20(13-18(4)32)27-30-24(16-38-27)26(34)29-21(9-12-25(33)37-5)14-19-7-10-22(11-8-19)31(35)36/h7-8,10-11,16-17,20-21,23,28H,6,9,12-15H2,1-5H3,(H,29,34). The number of benzene rings is 1. The van der Waals surface area contributed by atoms with Crippen molar-refractivity contribution < 1.29 is 24.0 Å². The summed E-state index contributed by atoms with van der Waals surface area (Å²) in [6.07, 6.45) is 1.91. The zero-order valence-corrected chi connectivity index (χ0v) is 23.5. The van der Waals surface area contributed by atoms with Crippen LogP contribution in [0, 0.1) is 16.0 Å². The Hall–Kier alpha value is -3.18. The monoisotopic (exact) mass is 546 g/mol. The van der Waals surface area contributed by atoms with Gasteiger partial charge >= 0.3 is 5.97 Å². The van der Waals surface area contributed by atoms with Crippen molar-refractivity contribution in [2.45, 2.75) is 77.8 Å². The molecule has 0 aliphatic rings. The van der Waals surface area contributed by atoms with Crippen molar-refractivity contribution >= 4 is 34.7 Å². The Labute approximate surface area is 227 Å². The lowest BCUT2D eigenvalue weighted by Gasteiger charge is -2.25. The van der Waals surface area contributed by atoms with Crippen LogP contribution in [0.4, 0.5) is 5.69 Å². The van der Waals surface area contributed by atoms with Crippen molar-refractivity contribution in [2.24, 2.45) is 5.92 Å². The lowest BCUT2D eigenvalue weighted by Crippen LogP contribution is -2.37. The van der Waals surface area contributed by atoms with Gasteiger partial charge in [-0.25, -0.2) is 4.98 Å². The van der Waals surface area contributed by atoms with E-state index in [2.05, 4.69) is 36.4 Å². The fourth-order valence-electron chi connectivity index (χ4n) is 4.27. The van der Waals surface area contributed by atoms with Gasteiger partial charge in [-0.3, -0.25) is 19.7 Å². The molecule has 3 atom stereocenters. The van der Waals surface area contributed by atoms with Crippen LogP contribution in [-0.2, 0) is 20.7 Å². The fourth-order valence-corrected chi connectivity index (χ4v) is 5.19. The number of non-ortho nitro benzene ring substituents is 1. The molecule has 0 saturated carbocycles. The third kappa shape index (κ3) is 9.94. The van der Waals surface area contributed by atoms with Crippen molar-refractivity contribution in [1.29, 1.82) is 0 Å². The maximum Gasteiger partial charge on any atom is 0.305 e. The number of thiazole rings is 1. The number of hydrogen-bond donors (Lipinski definition) is 2. The molecule has 0 bridgehead atoms. The van der Waals surface area contributed by atoms with E-state index in [1.54, 1.807) is 24.4 Å². The highest BCUT2D eigenvalue weighted by molar-refractivity contribution is 7.09. The van der Waals surface area contributed by atoms with Crippen LogP contribution in [0.15, 0.2) is 29.6 Å².